The number of hydrogen-bond acceptors (Lipinski definition) is 4. The number of halogens is 1. The van der Waals surface area contributed by atoms with Crippen LogP contribution in [0.25, 0.3) is 0 Å². The Kier molecular flexibility index (Phi) is 4.61. The minimum Gasteiger partial charge on any atom is -0.508 e. The zero-order chi connectivity index (χ0) is 15.4. The number of nitrogens with zero attached hydrogens (tertiary/aromatic N) is 1. The summed E-state index contributed by atoms with van der Waals surface area (Å²) in [4.78, 5) is 12.4. The van der Waals surface area contributed by atoms with Crippen LogP contribution in [-0.2, 0) is 6.42 Å². The van der Waals surface area contributed by atoms with E-state index in [0.717, 1.165) is 4.47 Å². The molecule has 0 fully saturated rings. The first kappa shape index (κ1) is 15.1. The number of hydrogen-bond donors (Lipinski definition) is 1. The second-order valence-corrected chi connectivity index (χ2v) is 5.28. The van der Waals surface area contributed by atoms with Gasteiger partial charge in [-0.2, -0.15) is 5.26 Å². The van der Waals surface area contributed by atoms with E-state index in [0.29, 0.717) is 16.9 Å². The maximum absolute atomic E-state index is 12.4. The Labute approximate surface area is 130 Å². The summed E-state index contributed by atoms with van der Waals surface area (Å²) in [6.07, 6.45) is -0.0671. The van der Waals surface area contributed by atoms with Crippen molar-refractivity contribution in [2.24, 2.45) is 0 Å². The SMILES string of the molecule is COc1ccc(Br)cc1C(=O)Cc1c(O)cccc1C#N. The minimum atomic E-state index is -0.230. The highest BCUT2D eigenvalue weighted by Gasteiger charge is 2.17. The first-order valence-corrected chi connectivity index (χ1v) is 6.93. The number of phenols is 1. The average molecular weight is 346 g/mol. The van der Waals surface area contributed by atoms with Gasteiger partial charge in [-0.15, -0.1) is 0 Å². The van der Waals surface area contributed by atoms with Crippen LogP contribution < -0.4 is 4.74 Å². The lowest BCUT2D eigenvalue weighted by Crippen LogP contribution is -2.07. The van der Waals surface area contributed by atoms with Crippen molar-refractivity contribution in [2.45, 2.75) is 6.42 Å². The molecular weight excluding hydrogens is 334 g/mol. The molecule has 4 nitrogen and oxygen atoms in total. The van der Waals surface area contributed by atoms with E-state index >= 15 is 0 Å². The third-order valence-electron chi connectivity index (χ3n) is 3.07. The number of phenolic OH excluding ortho intramolecular Hbond substituents is 1. The molecule has 0 aromatic heterocycles. The van der Waals surface area contributed by atoms with E-state index in [9.17, 15) is 9.90 Å². The molecule has 0 unspecified atom stereocenters. The fourth-order valence-corrected chi connectivity index (χ4v) is 2.38. The molecule has 0 saturated carbocycles. The van der Waals surface area contributed by atoms with Crippen LogP contribution >= 0.6 is 15.9 Å². The number of carbonyl (C=O) groups excluding carboxylic acids is 1. The molecule has 0 heterocycles. The number of ketones is 1. The Bertz CT molecular complexity index is 735. The molecule has 106 valence electrons. The van der Waals surface area contributed by atoms with Gasteiger partial charge in [0.15, 0.2) is 5.78 Å². The van der Waals surface area contributed by atoms with E-state index in [1.54, 1.807) is 30.3 Å². The van der Waals surface area contributed by atoms with Gasteiger partial charge in [0.1, 0.15) is 11.5 Å². The van der Waals surface area contributed by atoms with Gasteiger partial charge in [0.05, 0.1) is 24.3 Å². The normalized spacial score (nSPS) is 9.95. The highest BCUT2D eigenvalue weighted by atomic mass is 79.9. The van der Waals surface area contributed by atoms with Gasteiger partial charge in [-0.1, -0.05) is 22.0 Å². The van der Waals surface area contributed by atoms with E-state index in [1.165, 1.54) is 13.2 Å². The van der Waals surface area contributed by atoms with Crippen LogP contribution in [0.1, 0.15) is 21.5 Å². The number of ether oxygens (including phenoxy) is 1. The monoisotopic (exact) mass is 345 g/mol. The van der Waals surface area contributed by atoms with Crippen molar-refractivity contribution in [1.29, 1.82) is 5.26 Å². The van der Waals surface area contributed by atoms with Gasteiger partial charge in [0, 0.05) is 16.5 Å². The van der Waals surface area contributed by atoms with Crippen LogP contribution in [0.15, 0.2) is 40.9 Å². The number of methoxy groups -OCH3 is 1. The molecule has 2 aromatic carbocycles. The van der Waals surface area contributed by atoms with Crippen LogP contribution in [0.5, 0.6) is 11.5 Å². The molecule has 0 aliphatic heterocycles. The lowest BCUT2D eigenvalue weighted by atomic mass is 9.98. The number of Topliss-reactive ketones (excluding diaryl/α,β-unsaturated/α-hetero) is 1. The lowest BCUT2D eigenvalue weighted by molar-refractivity contribution is 0.0989. The summed E-state index contributed by atoms with van der Waals surface area (Å²) < 4.78 is 5.93. The quantitative estimate of drug-likeness (QED) is 0.861. The Morgan fingerprint density at radius 3 is 2.81 bits per heavy atom. The molecule has 0 radical (unpaired) electrons. The standard InChI is InChI=1S/C16H12BrNO3/c1-21-16-6-5-11(17)7-13(16)15(20)8-12-10(9-18)3-2-4-14(12)19/h2-7,19H,8H2,1H3. The molecule has 0 aliphatic rings. The third kappa shape index (κ3) is 3.23. The van der Waals surface area contributed by atoms with Gasteiger partial charge in [0.25, 0.3) is 0 Å². The molecule has 1 N–H and O–H groups in total. The fourth-order valence-electron chi connectivity index (χ4n) is 2.02. The minimum absolute atomic E-state index is 0.0589. The Balaban J connectivity index is 2.40. The molecule has 2 aromatic rings. The molecular formula is C16H12BrNO3. The third-order valence-corrected chi connectivity index (χ3v) is 3.56. The summed E-state index contributed by atoms with van der Waals surface area (Å²) in [5.74, 6) is 0.166. The fraction of sp³-hybridized carbons (Fsp3) is 0.125. The maximum atomic E-state index is 12.4. The van der Waals surface area contributed by atoms with E-state index < -0.39 is 0 Å². The van der Waals surface area contributed by atoms with Crippen LogP contribution in [-0.4, -0.2) is 18.0 Å². The zero-order valence-electron chi connectivity index (χ0n) is 11.3. The number of benzene rings is 2. The lowest BCUT2D eigenvalue weighted by Gasteiger charge is -2.10. The Hall–Kier alpha value is -2.32. The second-order valence-electron chi connectivity index (χ2n) is 4.36. The van der Waals surface area contributed by atoms with Crippen molar-refractivity contribution >= 4 is 21.7 Å². The van der Waals surface area contributed by atoms with Crippen LogP contribution in [0, 0.1) is 11.3 Å². The molecule has 0 bridgehead atoms. The smallest absolute Gasteiger partial charge is 0.171 e. The van der Waals surface area contributed by atoms with Crippen LogP contribution in [0.2, 0.25) is 0 Å². The van der Waals surface area contributed by atoms with Gasteiger partial charge >= 0.3 is 0 Å². The van der Waals surface area contributed by atoms with Crippen molar-refractivity contribution in [3.05, 3.63) is 57.6 Å². The van der Waals surface area contributed by atoms with Crippen molar-refractivity contribution in [3.8, 4) is 17.6 Å². The largest absolute Gasteiger partial charge is 0.508 e. The topological polar surface area (TPSA) is 70.3 Å². The predicted molar refractivity (Wildman–Crippen MR) is 81.6 cm³/mol. The molecule has 0 aliphatic carbocycles. The molecule has 0 amide bonds. The van der Waals surface area contributed by atoms with Gasteiger partial charge in [0.2, 0.25) is 0 Å². The van der Waals surface area contributed by atoms with Crippen molar-refractivity contribution in [1.82, 2.24) is 0 Å². The second kappa shape index (κ2) is 6.42. The van der Waals surface area contributed by atoms with Gasteiger partial charge in [-0.05, 0) is 30.3 Å². The summed E-state index contributed by atoms with van der Waals surface area (Å²) in [7, 11) is 1.49. The molecule has 0 saturated heterocycles. The van der Waals surface area contributed by atoms with Crippen LogP contribution in [0.3, 0.4) is 0 Å². The number of nitriles is 1. The summed E-state index contributed by atoms with van der Waals surface area (Å²) in [5.41, 5.74) is 1.02. The highest BCUT2D eigenvalue weighted by molar-refractivity contribution is 9.10. The molecule has 5 heteroatoms. The zero-order valence-corrected chi connectivity index (χ0v) is 12.8. The Morgan fingerprint density at radius 1 is 1.38 bits per heavy atom. The molecule has 21 heavy (non-hydrogen) atoms. The summed E-state index contributed by atoms with van der Waals surface area (Å²) in [6, 6.07) is 11.7. The van der Waals surface area contributed by atoms with Gasteiger partial charge < -0.3 is 9.84 Å². The van der Waals surface area contributed by atoms with E-state index in [2.05, 4.69) is 15.9 Å². The number of rotatable bonds is 4. The average Bonchev–Trinajstić information content (AvgIpc) is 2.49. The van der Waals surface area contributed by atoms with Crippen molar-refractivity contribution in [2.75, 3.05) is 7.11 Å². The predicted octanol–water partition coefficient (Wildman–Crippen LogP) is 3.46. The number of carbonyl (C=O) groups is 1. The van der Waals surface area contributed by atoms with E-state index in [4.69, 9.17) is 10.00 Å². The summed E-state index contributed by atoms with van der Waals surface area (Å²) >= 11 is 3.31. The van der Waals surface area contributed by atoms with Gasteiger partial charge in [-0.25, -0.2) is 0 Å². The first-order chi connectivity index (χ1) is 10.1. The highest BCUT2D eigenvalue weighted by Crippen LogP contribution is 2.27. The maximum Gasteiger partial charge on any atom is 0.171 e. The first-order valence-electron chi connectivity index (χ1n) is 6.14. The van der Waals surface area contributed by atoms with Crippen LogP contribution in [0.4, 0.5) is 0 Å². The van der Waals surface area contributed by atoms with Crippen molar-refractivity contribution < 1.29 is 14.6 Å². The summed E-state index contributed by atoms with van der Waals surface area (Å²) in [5, 5.41) is 18.9. The Morgan fingerprint density at radius 2 is 2.14 bits per heavy atom. The molecule has 0 atom stereocenters. The molecule has 0 spiro atoms. The van der Waals surface area contributed by atoms with Crippen molar-refractivity contribution in [3.63, 3.8) is 0 Å². The number of aromatic hydroxyl groups is 1. The van der Waals surface area contributed by atoms with E-state index in [1.807, 2.05) is 6.07 Å². The molecule has 2 rings (SSSR count). The van der Waals surface area contributed by atoms with E-state index in [-0.39, 0.29) is 23.5 Å². The summed E-state index contributed by atoms with van der Waals surface area (Å²) in [6.45, 7) is 0. The van der Waals surface area contributed by atoms with Gasteiger partial charge in [-0.3, -0.25) is 4.79 Å².